The Morgan fingerprint density at radius 2 is 1.75 bits per heavy atom. The molecule has 0 saturated heterocycles. The van der Waals surface area contributed by atoms with Crippen LogP contribution in [0, 0.1) is 17.3 Å². The van der Waals surface area contributed by atoms with Crippen molar-refractivity contribution in [2.45, 2.75) is 46.0 Å². The van der Waals surface area contributed by atoms with E-state index in [0.29, 0.717) is 12.0 Å². The van der Waals surface area contributed by atoms with E-state index in [9.17, 15) is 19.5 Å². The highest BCUT2D eigenvalue weighted by Crippen LogP contribution is 2.55. The van der Waals surface area contributed by atoms with E-state index in [4.69, 9.17) is 23.2 Å². The number of rotatable bonds is 3. The number of amides is 2. The van der Waals surface area contributed by atoms with E-state index in [1.54, 1.807) is 6.07 Å². The van der Waals surface area contributed by atoms with Crippen molar-refractivity contribution in [2.75, 3.05) is 0 Å². The number of Topliss-reactive ketones (excluding diaryl/α,β-unsaturated/α-hetero) is 1. The average molecular weight is 422 g/mol. The average Bonchev–Trinajstić information content (AvgIpc) is 3.31. The third-order valence-corrected chi connectivity index (χ3v) is 7.58. The number of imide groups is 1. The van der Waals surface area contributed by atoms with Gasteiger partial charge in [0.05, 0.1) is 15.6 Å². The van der Waals surface area contributed by atoms with Gasteiger partial charge in [0.1, 0.15) is 0 Å². The summed E-state index contributed by atoms with van der Waals surface area (Å²) < 4.78 is 0. The Bertz CT molecular complexity index is 960. The number of hydrogen-bond donors (Lipinski definition) is 2. The van der Waals surface area contributed by atoms with Crippen LogP contribution in [-0.2, 0) is 16.0 Å². The predicted molar refractivity (Wildman–Crippen MR) is 106 cm³/mol. The van der Waals surface area contributed by atoms with E-state index < -0.39 is 23.0 Å². The summed E-state index contributed by atoms with van der Waals surface area (Å²) in [7, 11) is 0. The number of halogens is 2. The number of benzene rings is 1. The van der Waals surface area contributed by atoms with Crippen LogP contribution in [0.15, 0.2) is 11.8 Å². The van der Waals surface area contributed by atoms with Gasteiger partial charge in [0, 0.05) is 16.5 Å². The molecule has 1 unspecified atom stereocenters. The molecule has 2 N–H and O–H groups in total. The number of aliphatic hydroxyl groups is 1. The van der Waals surface area contributed by atoms with Crippen molar-refractivity contribution in [1.29, 1.82) is 0 Å². The molecule has 2 aliphatic carbocycles. The SMILES string of the molecule is CC(C)C1(C2CCCC2)Cc2cc(C3=C(O)C(=O)NC3=O)c(Cl)c(Cl)c2C1=O. The van der Waals surface area contributed by atoms with E-state index in [1.807, 2.05) is 5.32 Å². The van der Waals surface area contributed by atoms with Gasteiger partial charge < -0.3 is 5.11 Å². The first-order chi connectivity index (χ1) is 13.2. The maximum atomic E-state index is 13.6. The fourth-order valence-corrected chi connectivity index (χ4v) is 5.83. The molecule has 7 heteroatoms. The van der Waals surface area contributed by atoms with Crippen LogP contribution in [0.4, 0.5) is 0 Å². The minimum atomic E-state index is -0.869. The highest BCUT2D eigenvalue weighted by Gasteiger charge is 2.54. The Labute approximate surface area is 173 Å². The summed E-state index contributed by atoms with van der Waals surface area (Å²) in [6, 6.07) is 1.64. The molecule has 0 radical (unpaired) electrons. The number of aliphatic hydroxyl groups excluding tert-OH is 1. The number of nitrogens with one attached hydrogen (secondary N) is 1. The Morgan fingerprint density at radius 1 is 1.11 bits per heavy atom. The highest BCUT2D eigenvalue weighted by molar-refractivity contribution is 6.47. The first-order valence-corrected chi connectivity index (χ1v) is 10.3. The molecule has 1 fully saturated rings. The monoisotopic (exact) mass is 421 g/mol. The standard InChI is InChI=1S/C21H21Cl2NO4/c1-9(2)21(11-5-3-4-6-11)8-10-7-12(14-17(25)20(28)24-19(14)27)15(22)16(23)13(10)18(21)26/h7,9,11H,3-6,8H2,1-2H3,(H2,24,25,27,28). The van der Waals surface area contributed by atoms with E-state index >= 15 is 0 Å². The fourth-order valence-electron chi connectivity index (χ4n) is 5.28. The van der Waals surface area contributed by atoms with Crippen molar-refractivity contribution in [3.05, 3.63) is 38.6 Å². The number of carbonyl (C=O) groups is 3. The van der Waals surface area contributed by atoms with Crippen molar-refractivity contribution in [1.82, 2.24) is 5.32 Å². The van der Waals surface area contributed by atoms with Crippen molar-refractivity contribution in [2.24, 2.45) is 17.3 Å². The number of hydrogen-bond acceptors (Lipinski definition) is 4. The molecule has 3 aliphatic rings. The molecule has 1 aromatic carbocycles. The Hall–Kier alpha value is -1.85. The molecule has 0 spiro atoms. The molecule has 1 saturated carbocycles. The van der Waals surface area contributed by atoms with Gasteiger partial charge in [0.2, 0.25) is 0 Å². The van der Waals surface area contributed by atoms with Crippen LogP contribution >= 0.6 is 23.2 Å². The van der Waals surface area contributed by atoms with Crippen LogP contribution in [0.5, 0.6) is 0 Å². The molecule has 0 bridgehead atoms. The van der Waals surface area contributed by atoms with Gasteiger partial charge in [-0.25, -0.2) is 0 Å². The van der Waals surface area contributed by atoms with Crippen molar-refractivity contribution in [3.63, 3.8) is 0 Å². The molecule has 4 rings (SSSR count). The summed E-state index contributed by atoms with van der Waals surface area (Å²) in [6.07, 6.45) is 4.78. The maximum Gasteiger partial charge on any atom is 0.293 e. The lowest BCUT2D eigenvalue weighted by atomic mass is 9.64. The lowest BCUT2D eigenvalue weighted by Crippen LogP contribution is -2.40. The maximum absolute atomic E-state index is 13.6. The molecule has 148 valence electrons. The van der Waals surface area contributed by atoms with Crippen LogP contribution in [-0.4, -0.2) is 22.7 Å². The van der Waals surface area contributed by atoms with E-state index in [2.05, 4.69) is 13.8 Å². The van der Waals surface area contributed by atoms with Crippen LogP contribution in [0.25, 0.3) is 5.57 Å². The summed E-state index contributed by atoms with van der Waals surface area (Å²) in [4.78, 5) is 37.4. The van der Waals surface area contributed by atoms with Gasteiger partial charge in [-0.05, 0) is 42.7 Å². The molecule has 1 aromatic rings. The van der Waals surface area contributed by atoms with E-state index in [-0.39, 0.29) is 38.8 Å². The molecule has 28 heavy (non-hydrogen) atoms. The molecular weight excluding hydrogens is 401 g/mol. The second kappa shape index (κ2) is 6.60. The third kappa shape index (κ3) is 2.49. The second-order valence-corrected chi connectivity index (χ2v) is 9.03. The molecule has 2 amide bonds. The lowest BCUT2D eigenvalue weighted by Gasteiger charge is -2.37. The van der Waals surface area contributed by atoms with E-state index in [1.165, 1.54) is 0 Å². The number of ketones is 1. The van der Waals surface area contributed by atoms with E-state index in [0.717, 1.165) is 31.2 Å². The first-order valence-electron chi connectivity index (χ1n) is 9.55. The Balaban J connectivity index is 1.89. The van der Waals surface area contributed by atoms with Gasteiger partial charge in [0.15, 0.2) is 11.5 Å². The zero-order valence-corrected chi connectivity index (χ0v) is 17.2. The van der Waals surface area contributed by atoms with Gasteiger partial charge in [-0.3, -0.25) is 19.7 Å². The van der Waals surface area contributed by atoms with Crippen LogP contribution in [0.3, 0.4) is 0 Å². The van der Waals surface area contributed by atoms with Crippen LogP contribution < -0.4 is 5.32 Å². The van der Waals surface area contributed by atoms with Crippen LogP contribution in [0.2, 0.25) is 10.0 Å². The largest absolute Gasteiger partial charge is 0.502 e. The lowest BCUT2D eigenvalue weighted by molar-refractivity contribution is -0.124. The normalized spacial score (nSPS) is 25.2. The van der Waals surface area contributed by atoms with Gasteiger partial charge in [0.25, 0.3) is 11.8 Å². The highest BCUT2D eigenvalue weighted by atomic mass is 35.5. The molecule has 1 aliphatic heterocycles. The minimum absolute atomic E-state index is 0.00569. The predicted octanol–water partition coefficient (Wildman–Crippen LogP) is 4.49. The molecule has 0 aromatic heterocycles. The molecule has 1 heterocycles. The summed E-state index contributed by atoms with van der Waals surface area (Å²) in [5, 5.41) is 12.2. The first kappa shape index (κ1) is 19.5. The third-order valence-electron chi connectivity index (χ3n) is 6.71. The number of carbonyl (C=O) groups excluding carboxylic acids is 3. The van der Waals surface area contributed by atoms with Gasteiger partial charge >= 0.3 is 0 Å². The smallest absolute Gasteiger partial charge is 0.293 e. The Morgan fingerprint density at radius 3 is 2.29 bits per heavy atom. The summed E-state index contributed by atoms with van der Waals surface area (Å²) in [5.41, 5.74) is 0.595. The zero-order valence-electron chi connectivity index (χ0n) is 15.7. The second-order valence-electron chi connectivity index (χ2n) is 8.28. The van der Waals surface area contributed by atoms with Crippen molar-refractivity contribution in [3.8, 4) is 0 Å². The minimum Gasteiger partial charge on any atom is -0.502 e. The van der Waals surface area contributed by atoms with Crippen LogP contribution in [0.1, 0.15) is 61.0 Å². The van der Waals surface area contributed by atoms with Crippen molar-refractivity contribution < 1.29 is 19.5 Å². The molecular formula is C21H21Cl2NO4. The topological polar surface area (TPSA) is 83.5 Å². The zero-order chi connectivity index (χ0) is 20.4. The molecule has 5 nitrogen and oxygen atoms in total. The molecule has 1 atom stereocenters. The van der Waals surface area contributed by atoms with Gasteiger partial charge in [-0.15, -0.1) is 0 Å². The van der Waals surface area contributed by atoms with Gasteiger partial charge in [-0.2, -0.15) is 0 Å². The fraction of sp³-hybridized carbons (Fsp3) is 0.476. The van der Waals surface area contributed by atoms with Gasteiger partial charge in [-0.1, -0.05) is 49.9 Å². The quantitative estimate of drug-likeness (QED) is 0.704. The summed E-state index contributed by atoms with van der Waals surface area (Å²) >= 11 is 12.9. The number of fused-ring (bicyclic) bond motifs is 1. The summed E-state index contributed by atoms with van der Waals surface area (Å²) in [6.45, 7) is 4.13. The van der Waals surface area contributed by atoms with Crippen molar-refractivity contribution >= 4 is 46.4 Å². The summed E-state index contributed by atoms with van der Waals surface area (Å²) in [5.74, 6) is -1.85. The Kier molecular flexibility index (Phi) is 4.59.